The van der Waals surface area contributed by atoms with Gasteiger partial charge in [-0.1, -0.05) is 15.9 Å². The third-order valence-electron chi connectivity index (χ3n) is 3.64. The van der Waals surface area contributed by atoms with Crippen molar-refractivity contribution in [3.05, 3.63) is 64.0 Å². The molecular weight excluding hydrogens is 375 g/mol. The highest BCUT2D eigenvalue weighted by Gasteiger charge is 2.14. The number of methoxy groups -OCH3 is 1. The van der Waals surface area contributed by atoms with Gasteiger partial charge in [-0.15, -0.1) is 0 Å². The third kappa shape index (κ3) is 3.23. The number of aromatic nitrogens is 1. The monoisotopic (exact) mass is 388 g/mol. The van der Waals surface area contributed by atoms with E-state index in [1.54, 1.807) is 32.2 Å². The largest absolute Gasteiger partial charge is 0.497 e. The third-order valence-corrected chi connectivity index (χ3v) is 4.13. The van der Waals surface area contributed by atoms with E-state index in [0.717, 1.165) is 10.9 Å². The molecule has 0 spiro atoms. The first-order valence-electron chi connectivity index (χ1n) is 7.20. The summed E-state index contributed by atoms with van der Waals surface area (Å²) in [6, 6.07) is 11.6. The maximum atomic E-state index is 13.9. The van der Waals surface area contributed by atoms with Gasteiger partial charge >= 0.3 is 0 Å². The molecule has 0 bridgehead atoms. The van der Waals surface area contributed by atoms with Gasteiger partial charge in [0.25, 0.3) is 5.91 Å². The fourth-order valence-electron chi connectivity index (χ4n) is 2.39. The van der Waals surface area contributed by atoms with E-state index < -0.39 is 11.7 Å². The van der Waals surface area contributed by atoms with Gasteiger partial charge in [0.15, 0.2) is 0 Å². The van der Waals surface area contributed by atoms with Crippen molar-refractivity contribution in [3.8, 4) is 5.75 Å². The van der Waals surface area contributed by atoms with Gasteiger partial charge in [-0.05, 0) is 49.4 Å². The van der Waals surface area contributed by atoms with E-state index in [9.17, 15) is 9.18 Å². The van der Waals surface area contributed by atoms with Crippen molar-refractivity contribution in [1.29, 1.82) is 0 Å². The van der Waals surface area contributed by atoms with Crippen LogP contribution >= 0.6 is 15.9 Å². The Morgan fingerprint density at radius 2 is 2.00 bits per heavy atom. The number of nitrogens with zero attached hydrogens (tertiary/aromatic N) is 1. The second-order valence-corrected chi connectivity index (χ2v) is 6.17. The fourth-order valence-corrected chi connectivity index (χ4v) is 2.72. The van der Waals surface area contributed by atoms with Crippen molar-refractivity contribution < 1.29 is 13.9 Å². The summed E-state index contributed by atoms with van der Waals surface area (Å²) in [5, 5.41) is 3.36. The number of pyridine rings is 1. The van der Waals surface area contributed by atoms with Gasteiger partial charge in [0.1, 0.15) is 11.6 Å². The first kappa shape index (κ1) is 16.4. The lowest BCUT2D eigenvalue weighted by molar-refractivity contribution is 0.102. The van der Waals surface area contributed by atoms with E-state index in [1.807, 2.05) is 12.1 Å². The molecule has 1 aromatic heterocycles. The molecule has 0 saturated carbocycles. The second-order valence-electron chi connectivity index (χ2n) is 5.26. The van der Waals surface area contributed by atoms with E-state index in [4.69, 9.17) is 4.74 Å². The van der Waals surface area contributed by atoms with E-state index in [1.165, 1.54) is 12.1 Å². The lowest BCUT2D eigenvalue weighted by atomic mass is 10.1. The summed E-state index contributed by atoms with van der Waals surface area (Å²) < 4.78 is 19.7. The summed E-state index contributed by atoms with van der Waals surface area (Å²) in [5.41, 5.74) is 1.84. The molecule has 1 heterocycles. The summed E-state index contributed by atoms with van der Waals surface area (Å²) in [5.74, 6) is -0.241. The maximum Gasteiger partial charge on any atom is 0.257 e. The average molecular weight is 389 g/mol. The fraction of sp³-hybridized carbons (Fsp3) is 0.111. The highest BCUT2D eigenvalue weighted by Crippen LogP contribution is 2.24. The highest BCUT2D eigenvalue weighted by molar-refractivity contribution is 9.10. The van der Waals surface area contributed by atoms with Crippen LogP contribution in [-0.2, 0) is 0 Å². The zero-order valence-corrected chi connectivity index (χ0v) is 14.6. The number of aryl methyl sites for hydroxylation is 1. The number of benzene rings is 2. The minimum atomic E-state index is -0.509. The Morgan fingerprint density at radius 3 is 2.71 bits per heavy atom. The van der Waals surface area contributed by atoms with Gasteiger partial charge in [-0.25, -0.2) is 4.39 Å². The first-order valence-corrected chi connectivity index (χ1v) is 7.99. The number of anilines is 1. The molecule has 0 atom stereocenters. The molecule has 0 radical (unpaired) electrons. The molecule has 1 amide bonds. The molecule has 0 aliphatic carbocycles. The minimum absolute atomic E-state index is 0.119. The van der Waals surface area contributed by atoms with Crippen LogP contribution in [0.4, 0.5) is 10.1 Å². The van der Waals surface area contributed by atoms with Crippen LogP contribution in [0.1, 0.15) is 16.1 Å². The van der Waals surface area contributed by atoms with Gasteiger partial charge in [0.2, 0.25) is 0 Å². The Balaban J connectivity index is 1.98. The van der Waals surface area contributed by atoms with Crippen molar-refractivity contribution in [2.75, 3.05) is 12.4 Å². The summed E-state index contributed by atoms with van der Waals surface area (Å²) in [6.45, 7) is 1.75. The molecule has 24 heavy (non-hydrogen) atoms. The number of halogens is 2. The number of rotatable bonds is 3. The van der Waals surface area contributed by atoms with Crippen LogP contribution in [0, 0.1) is 12.7 Å². The predicted molar refractivity (Wildman–Crippen MR) is 95.1 cm³/mol. The van der Waals surface area contributed by atoms with Crippen molar-refractivity contribution in [1.82, 2.24) is 4.98 Å². The maximum absolute atomic E-state index is 13.9. The molecule has 0 unspecified atom stereocenters. The SMILES string of the molecule is COc1ccc2nc(C)c(C(=O)Nc3ccc(Br)cc3F)cc2c1. The summed E-state index contributed by atoms with van der Waals surface area (Å²) in [4.78, 5) is 16.9. The lowest BCUT2D eigenvalue weighted by Gasteiger charge is -2.10. The molecule has 0 aliphatic heterocycles. The van der Waals surface area contributed by atoms with Gasteiger partial charge in [-0.3, -0.25) is 9.78 Å². The quantitative estimate of drug-likeness (QED) is 0.706. The van der Waals surface area contributed by atoms with Gasteiger partial charge in [0, 0.05) is 9.86 Å². The molecule has 3 aromatic rings. The van der Waals surface area contributed by atoms with E-state index >= 15 is 0 Å². The van der Waals surface area contributed by atoms with E-state index in [-0.39, 0.29) is 5.69 Å². The van der Waals surface area contributed by atoms with Gasteiger partial charge < -0.3 is 10.1 Å². The number of hydrogen-bond donors (Lipinski definition) is 1. The summed E-state index contributed by atoms with van der Waals surface area (Å²) in [6.07, 6.45) is 0. The number of carbonyl (C=O) groups is 1. The Bertz CT molecular complexity index is 944. The molecule has 3 rings (SSSR count). The van der Waals surface area contributed by atoms with Crippen LogP contribution < -0.4 is 10.1 Å². The number of hydrogen-bond acceptors (Lipinski definition) is 3. The van der Waals surface area contributed by atoms with Crippen LogP contribution in [-0.4, -0.2) is 18.0 Å². The minimum Gasteiger partial charge on any atom is -0.497 e. The van der Waals surface area contributed by atoms with Gasteiger partial charge in [-0.2, -0.15) is 0 Å². The number of fused-ring (bicyclic) bond motifs is 1. The number of carbonyl (C=O) groups excluding carboxylic acids is 1. The van der Waals surface area contributed by atoms with Crippen molar-refractivity contribution in [3.63, 3.8) is 0 Å². The zero-order chi connectivity index (χ0) is 17.3. The molecule has 4 nitrogen and oxygen atoms in total. The van der Waals surface area contributed by atoms with Crippen LogP contribution in [0.15, 0.2) is 46.9 Å². The highest BCUT2D eigenvalue weighted by atomic mass is 79.9. The molecule has 6 heteroatoms. The van der Waals surface area contributed by atoms with Crippen LogP contribution in [0.5, 0.6) is 5.75 Å². The van der Waals surface area contributed by atoms with Crippen LogP contribution in [0.3, 0.4) is 0 Å². The van der Waals surface area contributed by atoms with Crippen LogP contribution in [0.2, 0.25) is 0 Å². The first-order chi connectivity index (χ1) is 11.5. The number of amides is 1. The van der Waals surface area contributed by atoms with Crippen molar-refractivity contribution in [2.24, 2.45) is 0 Å². The smallest absolute Gasteiger partial charge is 0.257 e. The Hall–Kier alpha value is -2.47. The standard InChI is InChI=1S/C18H14BrFN2O2/c1-10-14(8-11-7-13(24-2)4-6-16(11)21-10)18(23)22-17-5-3-12(19)9-15(17)20/h3-9H,1-2H3,(H,22,23). The summed E-state index contributed by atoms with van der Waals surface area (Å²) in [7, 11) is 1.58. The molecule has 1 N–H and O–H groups in total. The van der Waals surface area contributed by atoms with Crippen molar-refractivity contribution >= 4 is 38.4 Å². The van der Waals surface area contributed by atoms with Crippen molar-refractivity contribution in [2.45, 2.75) is 6.92 Å². The molecule has 122 valence electrons. The lowest BCUT2D eigenvalue weighted by Crippen LogP contribution is -2.15. The molecule has 0 fully saturated rings. The Labute approximate surface area is 146 Å². The normalized spacial score (nSPS) is 10.7. The average Bonchev–Trinajstić information content (AvgIpc) is 2.56. The predicted octanol–water partition coefficient (Wildman–Crippen LogP) is 4.71. The molecule has 0 aliphatic rings. The number of nitrogens with one attached hydrogen (secondary N) is 1. The topological polar surface area (TPSA) is 51.2 Å². The van der Waals surface area contributed by atoms with E-state index in [0.29, 0.717) is 21.5 Å². The zero-order valence-electron chi connectivity index (χ0n) is 13.1. The Kier molecular flexibility index (Phi) is 4.49. The summed E-state index contributed by atoms with van der Waals surface area (Å²) >= 11 is 3.19. The Morgan fingerprint density at radius 1 is 1.21 bits per heavy atom. The molecular formula is C18H14BrFN2O2. The second kappa shape index (κ2) is 6.57. The van der Waals surface area contributed by atoms with E-state index in [2.05, 4.69) is 26.2 Å². The molecule has 0 saturated heterocycles. The number of ether oxygens (including phenoxy) is 1. The van der Waals surface area contributed by atoms with Gasteiger partial charge in [0.05, 0.1) is 29.6 Å². The van der Waals surface area contributed by atoms with Crippen LogP contribution in [0.25, 0.3) is 10.9 Å². The molecule has 2 aromatic carbocycles.